The van der Waals surface area contributed by atoms with E-state index in [9.17, 15) is 13.0 Å². The topological polar surface area (TPSA) is 82.6 Å². The zero-order valence-corrected chi connectivity index (χ0v) is 21.3. The third kappa shape index (κ3) is 6.25. The number of hydrogen-bond donors (Lipinski definition) is 0. The summed E-state index contributed by atoms with van der Waals surface area (Å²) in [6.45, 7) is 2.77. The Kier molecular flexibility index (Phi) is 8.62. The first-order valence-electron chi connectivity index (χ1n) is 11.0. The van der Waals surface area contributed by atoms with Crippen molar-refractivity contribution < 1.29 is 22.0 Å². The van der Waals surface area contributed by atoms with E-state index in [0.29, 0.717) is 35.6 Å². The standard InChI is InChI=1S/C23H30NO5PS2/c1-4-7-8-13-31-30(25,28-6-3)29-20-10-12-22-19(16-20)15-18-9-11-21(17-23(18)24-22)32(26,27)14-5-2/h9-12,15-17H,4-8,13-14H2,1-3H3. The molecule has 0 radical (unpaired) electrons. The van der Waals surface area contributed by atoms with Gasteiger partial charge in [-0.05, 0) is 67.5 Å². The number of sulfone groups is 1. The van der Waals surface area contributed by atoms with Crippen LogP contribution < -0.4 is 4.52 Å². The molecular formula is C23H30NO5PS2. The number of pyridine rings is 1. The second-order valence-corrected chi connectivity index (χ2v) is 13.7. The highest BCUT2D eigenvalue weighted by Gasteiger charge is 2.26. The van der Waals surface area contributed by atoms with E-state index in [4.69, 9.17) is 9.05 Å². The summed E-state index contributed by atoms with van der Waals surface area (Å²) in [5.74, 6) is 1.29. The molecule has 0 aliphatic carbocycles. The van der Waals surface area contributed by atoms with Gasteiger partial charge in [0.15, 0.2) is 9.84 Å². The summed E-state index contributed by atoms with van der Waals surface area (Å²) >= 11 is 1.24. The Hall–Kier alpha value is -1.60. The third-order valence-electron chi connectivity index (χ3n) is 4.89. The number of fused-ring (bicyclic) bond motifs is 2. The number of rotatable bonds is 12. The summed E-state index contributed by atoms with van der Waals surface area (Å²) in [4.78, 5) is 4.92. The van der Waals surface area contributed by atoms with Crippen molar-refractivity contribution in [1.29, 1.82) is 0 Å². The summed E-state index contributed by atoms with van der Waals surface area (Å²) in [7, 11) is -3.31. The van der Waals surface area contributed by atoms with Crippen LogP contribution in [-0.4, -0.2) is 31.5 Å². The van der Waals surface area contributed by atoms with Gasteiger partial charge in [-0.15, -0.1) is 0 Å². The van der Waals surface area contributed by atoms with Crippen molar-refractivity contribution >= 4 is 49.8 Å². The Morgan fingerprint density at radius 3 is 2.47 bits per heavy atom. The fraction of sp³-hybridized carbons (Fsp3) is 0.435. The van der Waals surface area contributed by atoms with Crippen molar-refractivity contribution in [2.75, 3.05) is 18.1 Å². The predicted octanol–water partition coefficient (Wildman–Crippen LogP) is 7.02. The molecule has 0 fully saturated rings. The van der Waals surface area contributed by atoms with Crippen LogP contribution in [0.25, 0.3) is 21.8 Å². The molecule has 6 nitrogen and oxygen atoms in total. The summed E-state index contributed by atoms with van der Waals surface area (Å²) in [5, 5.41) is 1.64. The van der Waals surface area contributed by atoms with E-state index < -0.39 is 16.6 Å². The predicted molar refractivity (Wildman–Crippen MR) is 133 cm³/mol. The van der Waals surface area contributed by atoms with Gasteiger partial charge >= 0.3 is 6.80 Å². The van der Waals surface area contributed by atoms with E-state index in [2.05, 4.69) is 11.9 Å². The largest absolute Gasteiger partial charge is 0.440 e. The van der Waals surface area contributed by atoms with Gasteiger partial charge in [0.1, 0.15) is 5.75 Å². The quantitative estimate of drug-likeness (QED) is 0.152. The van der Waals surface area contributed by atoms with Crippen molar-refractivity contribution in [3.63, 3.8) is 0 Å². The Morgan fingerprint density at radius 1 is 0.938 bits per heavy atom. The van der Waals surface area contributed by atoms with Crippen LogP contribution >= 0.6 is 18.2 Å². The molecule has 1 atom stereocenters. The molecule has 9 heteroatoms. The first-order chi connectivity index (χ1) is 15.3. The van der Waals surface area contributed by atoms with Gasteiger partial charge in [0.05, 0.1) is 28.3 Å². The number of unbranched alkanes of at least 4 members (excludes halogenated alkanes) is 2. The lowest BCUT2D eigenvalue weighted by Gasteiger charge is -2.18. The molecule has 1 heterocycles. The lowest BCUT2D eigenvalue weighted by Crippen LogP contribution is -2.05. The first kappa shape index (κ1) is 25.0. The molecule has 0 aliphatic heterocycles. The molecule has 174 valence electrons. The van der Waals surface area contributed by atoms with Crippen LogP contribution in [-0.2, 0) is 18.9 Å². The lowest BCUT2D eigenvalue weighted by atomic mass is 10.1. The first-order valence-corrected chi connectivity index (χ1v) is 15.7. The maximum absolute atomic E-state index is 13.1. The van der Waals surface area contributed by atoms with Crippen LogP contribution in [0.3, 0.4) is 0 Å². The number of aromatic nitrogens is 1. The van der Waals surface area contributed by atoms with Gasteiger partial charge in [-0.3, -0.25) is 4.52 Å². The van der Waals surface area contributed by atoms with Gasteiger partial charge in [0.25, 0.3) is 0 Å². The molecule has 0 saturated heterocycles. The average molecular weight is 496 g/mol. The molecule has 1 unspecified atom stereocenters. The molecule has 0 bridgehead atoms. The van der Waals surface area contributed by atoms with Crippen LogP contribution in [0.4, 0.5) is 0 Å². The molecule has 0 aliphatic rings. The van der Waals surface area contributed by atoms with E-state index in [1.165, 1.54) is 11.4 Å². The van der Waals surface area contributed by atoms with Crippen LogP contribution in [0.1, 0.15) is 46.5 Å². The molecule has 32 heavy (non-hydrogen) atoms. The van der Waals surface area contributed by atoms with Gasteiger partial charge in [-0.2, -0.15) is 0 Å². The van der Waals surface area contributed by atoms with Gasteiger partial charge in [-0.1, -0.05) is 32.8 Å². The Labute approximate surface area is 194 Å². The van der Waals surface area contributed by atoms with E-state index >= 15 is 0 Å². The molecular weight excluding hydrogens is 465 g/mol. The molecule has 1 aromatic heterocycles. The Morgan fingerprint density at radius 2 is 1.75 bits per heavy atom. The molecule has 0 amide bonds. The van der Waals surface area contributed by atoms with E-state index in [1.54, 1.807) is 43.3 Å². The molecule has 0 spiro atoms. The maximum Gasteiger partial charge on any atom is 0.440 e. The highest BCUT2D eigenvalue weighted by Crippen LogP contribution is 2.60. The number of benzene rings is 2. The Bertz CT molecular complexity index is 1230. The summed E-state index contributed by atoms with van der Waals surface area (Å²) < 4.78 is 49.2. The van der Waals surface area contributed by atoms with Crippen molar-refractivity contribution in [1.82, 2.24) is 4.98 Å². The number of nitrogens with zero attached hydrogens (tertiary/aromatic N) is 1. The highest BCUT2D eigenvalue weighted by molar-refractivity contribution is 8.55. The van der Waals surface area contributed by atoms with Crippen molar-refractivity contribution in [3.05, 3.63) is 42.5 Å². The Balaban J connectivity index is 1.89. The molecule has 3 aromatic rings. The average Bonchev–Trinajstić information content (AvgIpc) is 2.75. The summed E-state index contributed by atoms with van der Waals surface area (Å²) in [6, 6.07) is 12.2. The minimum absolute atomic E-state index is 0.114. The smallest absolute Gasteiger partial charge is 0.417 e. The molecule has 0 saturated carbocycles. The number of hydrogen-bond acceptors (Lipinski definition) is 7. The van der Waals surface area contributed by atoms with Crippen LogP contribution in [0, 0.1) is 0 Å². The summed E-state index contributed by atoms with van der Waals surface area (Å²) in [5.41, 5.74) is 1.33. The normalized spacial score (nSPS) is 14.0. The maximum atomic E-state index is 13.1. The van der Waals surface area contributed by atoms with Gasteiger partial charge < -0.3 is 4.52 Å². The van der Waals surface area contributed by atoms with Crippen molar-refractivity contribution in [3.8, 4) is 5.75 Å². The summed E-state index contributed by atoms with van der Waals surface area (Å²) in [6.07, 6.45) is 3.70. The highest BCUT2D eigenvalue weighted by atomic mass is 32.7. The fourth-order valence-electron chi connectivity index (χ4n) is 3.33. The molecule has 3 rings (SSSR count). The minimum Gasteiger partial charge on any atom is -0.417 e. The SMILES string of the molecule is CCCCCSP(=O)(OCC)Oc1ccc2nc3cc(S(=O)(=O)CCC)ccc3cc2c1. The zero-order valence-electron chi connectivity index (χ0n) is 18.7. The van der Waals surface area contributed by atoms with Crippen molar-refractivity contribution in [2.45, 2.75) is 51.3 Å². The molecule has 2 aromatic carbocycles. The third-order valence-corrected chi connectivity index (χ3v) is 10.6. The van der Waals surface area contributed by atoms with Crippen LogP contribution in [0.15, 0.2) is 47.4 Å². The van der Waals surface area contributed by atoms with E-state index in [1.807, 2.05) is 13.0 Å². The van der Waals surface area contributed by atoms with E-state index in [0.717, 1.165) is 30.0 Å². The van der Waals surface area contributed by atoms with Gasteiger partial charge in [0, 0.05) is 16.5 Å². The molecule has 0 N–H and O–H groups in total. The van der Waals surface area contributed by atoms with Crippen molar-refractivity contribution in [2.24, 2.45) is 0 Å². The van der Waals surface area contributed by atoms with Crippen LogP contribution in [0.5, 0.6) is 5.75 Å². The second-order valence-electron chi connectivity index (χ2n) is 7.51. The monoisotopic (exact) mass is 495 g/mol. The zero-order chi connectivity index (χ0) is 23.2. The second kappa shape index (κ2) is 11.0. The van der Waals surface area contributed by atoms with E-state index in [-0.39, 0.29) is 10.6 Å². The fourth-order valence-corrected chi connectivity index (χ4v) is 8.11. The van der Waals surface area contributed by atoms with Gasteiger partial charge in [-0.25, -0.2) is 18.0 Å². The van der Waals surface area contributed by atoms with Crippen LogP contribution in [0.2, 0.25) is 0 Å². The minimum atomic E-state index is -3.31. The lowest BCUT2D eigenvalue weighted by molar-refractivity contribution is 0.296. The van der Waals surface area contributed by atoms with Gasteiger partial charge in [0.2, 0.25) is 0 Å².